The number of rotatable bonds is 4. The molecule has 3 rings (SSSR count). The fraction of sp³-hybridized carbons (Fsp3) is 0.429. The van der Waals surface area contributed by atoms with Gasteiger partial charge in [0.15, 0.2) is 0 Å². The minimum atomic E-state index is -1.21. The van der Waals surface area contributed by atoms with Crippen molar-refractivity contribution in [1.82, 2.24) is 20.0 Å². The molecule has 2 N–H and O–H groups in total. The number of nitrogens with zero attached hydrogens (tertiary/aromatic N) is 4. The molecule has 1 saturated heterocycles. The van der Waals surface area contributed by atoms with Crippen LogP contribution in [0.5, 0.6) is 0 Å². The number of thioether (sulfide) groups is 1. The molecule has 12 heteroatoms. The zero-order valence-corrected chi connectivity index (χ0v) is 14.9. The molecule has 2 aliphatic heterocycles. The number of hydrogen-bond acceptors (Lipinski definition) is 7. The van der Waals surface area contributed by atoms with E-state index in [4.69, 9.17) is 0 Å². The number of amides is 2. The quantitative estimate of drug-likeness (QED) is 0.421. The highest BCUT2D eigenvalue weighted by Crippen LogP contribution is 2.40. The second-order valence-corrected chi connectivity index (χ2v) is 7.06. The van der Waals surface area contributed by atoms with Crippen LogP contribution in [0.15, 0.2) is 11.3 Å². The van der Waals surface area contributed by atoms with E-state index in [0.717, 1.165) is 4.90 Å². The Bertz CT molecular complexity index is 891. The Morgan fingerprint density at radius 3 is 2.65 bits per heavy atom. The minimum absolute atomic E-state index is 0.0797. The standard InChI is InChI=1S/C14H15N5O6S/c1-5-4-26-13-8(12(21)18(13)9(5)14(22)23)15-11(20)7-10(19(24)25)6(2)17(3)16-7/h8,13H,4H2,1-3H3,(H,15,20)(H,22,23)/t8-,13-/m1/s1. The number of nitrogens with one attached hydrogen (secondary N) is 1. The first-order valence-electron chi connectivity index (χ1n) is 7.51. The highest BCUT2D eigenvalue weighted by molar-refractivity contribution is 8.00. The molecule has 3 heterocycles. The zero-order chi connectivity index (χ0) is 19.3. The molecule has 2 amide bonds. The number of carbonyl (C=O) groups excluding carboxylic acids is 2. The van der Waals surface area contributed by atoms with Gasteiger partial charge in [0.05, 0.1) is 4.92 Å². The summed E-state index contributed by atoms with van der Waals surface area (Å²) in [5.41, 5.74) is -0.114. The van der Waals surface area contributed by atoms with E-state index in [9.17, 15) is 29.6 Å². The van der Waals surface area contributed by atoms with Gasteiger partial charge in [0.2, 0.25) is 5.69 Å². The fourth-order valence-corrected chi connectivity index (χ4v) is 4.25. The molecule has 1 aromatic rings. The van der Waals surface area contributed by atoms with E-state index < -0.39 is 39.8 Å². The lowest BCUT2D eigenvalue weighted by Crippen LogP contribution is -2.70. The number of nitro groups is 1. The predicted octanol–water partition coefficient (Wildman–Crippen LogP) is 0.00882. The minimum Gasteiger partial charge on any atom is -0.477 e. The Balaban J connectivity index is 1.83. The second kappa shape index (κ2) is 6.12. The summed E-state index contributed by atoms with van der Waals surface area (Å²) in [6, 6.07) is -0.961. The number of fused-ring (bicyclic) bond motifs is 1. The van der Waals surface area contributed by atoms with Gasteiger partial charge in [-0.05, 0) is 19.4 Å². The lowest BCUT2D eigenvalue weighted by Gasteiger charge is -2.49. The zero-order valence-electron chi connectivity index (χ0n) is 14.0. The van der Waals surface area contributed by atoms with Gasteiger partial charge in [0.1, 0.15) is 22.8 Å². The van der Waals surface area contributed by atoms with Crippen LogP contribution in [0, 0.1) is 17.0 Å². The van der Waals surface area contributed by atoms with Gasteiger partial charge in [0, 0.05) is 12.8 Å². The highest BCUT2D eigenvalue weighted by atomic mass is 32.2. The number of hydrogen-bond donors (Lipinski definition) is 2. The number of carboxylic acids is 1. The summed E-state index contributed by atoms with van der Waals surface area (Å²) < 4.78 is 1.21. The van der Waals surface area contributed by atoms with E-state index in [2.05, 4.69) is 10.4 Å². The molecule has 0 aromatic carbocycles. The van der Waals surface area contributed by atoms with E-state index in [1.165, 1.54) is 30.4 Å². The fourth-order valence-electron chi connectivity index (χ4n) is 2.95. The Morgan fingerprint density at radius 2 is 2.08 bits per heavy atom. The Labute approximate surface area is 151 Å². The van der Waals surface area contributed by atoms with Gasteiger partial charge in [-0.25, -0.2) is 4.79 Å². The number of aryl methyl sites for hydroxylation is 1. The summed E-state index contributed by atoms with van der Waals surface area (Å²) in [4.78, 5) is 47.8. The van der Waals surface area contributed by atoms with Crippen molar-refractivity contribution >= 4 is 35.2 Å². The first kappa shape index (κ1) is 17.9. The van der Waals surface area contributed by atoms with E-state index in [-0.39, 0.29) is 17.1 Å². The molecule has 2 atom stereocenters. The maximum atomic E-state index is 12.4. The average Bonchev–Trinajstić information content (AvgIpc) is 2.87. The van der Waals surface area contributed by atoms with Crippen LogP contribution in [0.4, 0.5) is 5.69 Å². The monoisotopic (exact) mass is 381 g/mol. The SMILES string of the molecule is CC1=C(C(=O)O)N2C(=O)[C@@H](NC(=O)c3nn(C)c(C)c3[N+](=O)[O-])[C@H]2SC1. The molecule has 0 radical (unpaired) electrons. The largest absolute Gasteiger partial charge is 0.477 e. The van der Waals surface area contributed by atoms with Crippen molar-refractivity contribution in [3.63, 3.8) is 0 Å². The summed E-state index contributed by atoms with van der Waals surface area (Å²) in [7, 11) is 1.47. The summed E-state index contributed by atoms with van der Waals surface area (Å²) in [6.45, 7) is 3.09. The van der Waals surface area contributed by atoms with Gasteiger partial charge >= 0.3 is 11.7 Å². The van der Waals surface area contributed by atoms with E-state index in [1.807, 2.05) is 0 Å². The van der Waals surface area contributed by atoms with Gasteiger partial charge in [-0.15, -0.1) is 11.8 Å². The second-order valence-electron chi connectivity index (χ2n) is 5.96. The van der Waals surface area contributed by atoms with Crippen LogP contribution in [0.2, 0.25) is 0 Å². The Hall–Kier alpha value is -2.89. The number of aliphatic carboxylic acids is 1. The maximum absolute atomic E-state index is 12.4. The Morgan fingerprint density at radius 1 is 1.42 bits per heavy atom. The van der Waals surface area contributed by atoms with Crippen molar-refractivity contribution in [3.05, 3.63) is 32.8 Å². The van der Waals surface area contributed by atoms with Crippen LogP contribution >= 0.6 is 11.8 Å². The summed E-state index contributed by atoms with van der Waals surface area (Å²) in [5.74, 6) is -2.21. The molecule has 11 nitrogen and oxygen atoms in total. The molecular weight excluding hydrogens is 366 g/mol. The van der Waals surface area contributed by atoms with Crippen molar-refractivity contribution in [2.24, 2.45) is 7.05 Å². The van der Waals surface area contributed by atoms with Crippen LogP contribution in [0.1, 0.15) is 23.1 Å². The van der Waals surface area contributed by atoms with E-state index in [1.54, 1.807) is 6.92 Å². The molecule has 1 aromatic heterocycles. The van der Waals surface area contributed by atoms with Gasteiger partial charge in [-0.1, -0.05) is 0 Å². The van der Waals surface area contributed by atoms with Crippen LogP contribution in [0.25, 0.3) is 0 Å². The molecule has 26 heavy (non-hydrogen) atoms. The number of carbonyl (C=O) groups is 3. The lowest BCUT2D eigenvalue weighted by atomic mass is 10.0. The molecule has 0 bridgehead atoms. The third kappa shape index (κ3) is 2.53. The highest BCUT2D eigenvalue weighted by Gasteiger charge is 2.54. The van der Waals surface area contributed by atoms with Gasteiger partial charge in [-0.2, -0.15) is 5.10 Å². The third-order valence-corrected chi connectivity index (χ3v) is 5.77. The molecule has 0 unspecified atom stereocenters. The topological polar surface area (TPSA) is 148 Å². The number of β-lactam (4-membered cyclic amide) rings is 1. The van der Waals surface area contributed by atoms with Crippen molar-refractivity contribution < 1.29 is 24.4 Å². The van der Waals surface area contributed by atoms with Crippen LogP contribution in [0.3, 0.4) is 0 Å². The summed E-state index contributed by atoms with van der Waals surface area (Å²) >= 11 is 1.32. The smallest absolute Gasteiger partial charge is 0.352 e. The number of aromatic nitrogens is 2. The van der Waals surface area contributed by atoms with Crippen molar-refractivity contribution in [1.29, 1.82) is 0 Å². The van der Waals surface area contributed by atoms with Crippen LogP contribution in [-0.2, 0) is 16.6 Å². The van der Waals surface area contributed by atoms with Gasteiger partial charge in [0.25, 0.3) is 11.8 Å². The Kier molecular flexibility index (Phi) is 4.22. The molecule has 2 aliphatic rings. The molecule has 1 fully saturated rings. The van der Waals surface area contributed by atoms with Gasteiger partial charge in [-0.3, -0.25) is 29.3 Å². The van der Waals surface area contributed by atoms with E-state index >= 15 is 0 Å². The van der Waals surface area contributed by atoms with Crippen molar-refractivity contribution in [3.8, 4) is 0 Å². The van der Waals surface area contributed by atoms with Crippen LogP contribution < -0.4 is 5.32 Å². The summed E-state index contributed by atoms with van der Waals surface area (Å²) in [6.07, 6.45) is 0. The van der Waals surface area contributed by atoms with Crippen molar-refractivity contribution in [2.45, 2.75) is 25.3 Å². The third-order valence-electron chi connectivity index (χ3n) is 4.35. The van der Waals surface area contributed by atoms with E-state index in [0.29, 0.717) is 11.3 Å². The van der Waals surface area contributed by atoms with Gasteiger partial charge < -0.3 is 10.4 Å². The lowest BCUT2D eigenvalue weighted by molar-refractivity contribution is -0.385. The molecule has 0 saturated carbocycles. The normalized spacial score (nSPS) is 22.0. The summed E-state index contributed by atoms with van der Waals surface area (Å²) in [5, 5.41) is 26.2. The average molecular weight is 381 g/mol. The molecule has 138 valence electrons. The first-order chi connectivity index (χ1) is 12.1. The molecule has 0 aliphatic carbocycles. The first-order valence-corrected chi connectivity index (χ1v) is 8.56. The molecular formula is C14H15N5O6S. The predicted molar refractivity (Wildman–Crippen MR) is 89.3 cm³/mol. The van der Waals surface area contributed by atoms with Crippen LogP contribution in [-0.4, -0.2) is 59.7 Å². The van der Waals surface area contributed by atoms with Crippen molar-refractivity contribution in [2.75, 3.05) is 5.75 Å². The maximum Gasteiger partial charge on any atom is 0.352 e. The molecule has 0 spiro atoms. The number of carboxylic acid groups (broad SMARTS) is 1.